The maximum atomic E-state index is 11.1. The summed E-state index contributed by atoms with van der Waals surface area (Å²) in [7, 11) is 1.46. The molecule has 14 heavy (non-hydrogen) atoms. The van der Waals surface area contributed by atoms with Crippen LogP contribution in [-0.2, 0) is 19.2 Å². The van der Waals surface area contributed by atoms with Crippen molar-refractivity contribution >= 4 is 11.9 Å². The first-order valence-electron chi connectivity index (χ1n) is 4.35. The molecule has 6 nitrogen and oxygen atoms in total. The van der Waals surface area contributed by atoms with E-state index < -0.39 is 12.2 Å². The number of aliphatic hydroxyl groups excluding tert-OH is 1. The fourth-order valence-electron chi connectivity index (χ4n) is 1.10. The highest BCUT2D eigenvalue weighted by atomic mass is 16.7. The minimum atomic E-state index is -1.01. The molecule has 0 aromatic carbocycles. The summed E-state index contributed by atoms with van der Waals surface area (Å²) in [6, 6.07) is 0. The fourth-order valence-corrected chi connectivity index (χ4v) is 1.10. The van der Waals surface area contributed by atoms with Crippen LogP contribution < -0.4 is 0 Å². The Hall–Kier alpha value is -1.14. The minimum absolute atomic E-state index is 0.0625. The summed E-state index contributed by atoms with van der Waals surface area (Å²) in [5.74, 6) is -0.954. The largest absolute Gasteiger partial charge is 0.384 e. The number of hydroxylamine groups is 2. The highest BCUT2D eigenvalue weighted by molar-refractivity contribution is 5.79. The van der Waals surface area contributed by atoms with E-state index in [-0.39, 0.29) is 25.4 Å². The van der Waals surface area contributed by atoms with Gasteiger partial charge in [0.15, 0.2) is 6.23 Å². The molecule has 1 fully saturated rings. The van der Waals surface area contributed by atoms with Gasteiger partial charge >= 0.3 is 5.97 Å². The molecule has 0 radical (unpaired) electrons. The van der Waals surface area contributed by atoms with Crippen LogP contribution in [0.25, 0.3) is 0 Å². The molecular formula is C8H13NO5. The van der Waals surface area contributed by atoms with E-state index in [0.29, 0.717) is 6.42 Å². The number of ether oxygens (including phenoxy) is 1. The second-order valence-electron chi connectivity index (χ2n) is 2.94. The van der Waals surface area contributed by atoms with E-state index in [4.69, 9.17) is 0 Å². The number of carbonyl (C=O) groups excluding carboxylic acids is 2. The number of aliphatic hydroxyl groups is 1. The van der Waals surface area contributed by atoms with E-state index >= 15 is 0 Å². The fraction of sp³-hybridized carbons (Fsp3) is 0.750. The van der Waals surface area contributed by atoms with Crippen molar-refractivity contribution in [1.82, 2.24) is 5.06 Å². The van der Waals surface area contributed by atoms with Crippen LogP contribution in [0.4, 0.5) is 0 Å². The van der Waals surface area contributed by atoms with Crippen molar-refractivity contribution in [2.75, 3.05) is 13.7 Å². The maximum Gasteiger partial charge on any atom is 0.334 e. The monoisotopic (exact) mass is 203 g/mol. The van der Waals surface area contributed by atoms with Crippen molar-refractivity contribution in [2.45, 2.75) is 25.5 Å². The average molecular weight is 203 g/mol. The third-order valence-corrected chi connectivity index (χ3v) is 1.84. The molecule has 1 N–H and O–H groups in total. The maximum absolute atomic E-state index is 11.1. The van der Waals surface area contributed by atoms with Crippen LogP contribution in [0.5, 0.6) is 0 Å². The highest BCUT2D eigenvalue weighted by Crippen LogP contribution is 2.16. The van der Waals surface area contributed by atoms with Crippen LogP contribution in [0.15, 0.2) is 0 Å². The number of nitrogens with zero attached hydrogens (tertiary/aromatic N) is 1. The van der Waals surface area contributed by atoms with Crippen molar-refractivity contribution in [3.63, 3.8) is 0 Å². The SMILES string of the molecule is COCCC(=O)ON1C(=O)CCC1O. The van der Waals surface area contributed by atoms with Gasteiger partial charge in [0.2, 0.25) is 0 Å². The Kier molecular flexibility index (Phi) is 3.84. The molecule has 1 unspecified atom stereocenters. The van der Waals surface area contributed by atoms with E-state index in [9.17, 15) is 14.7 Å². The standard InChI is InChI=1S/C8H13NO5/c1-13-5-4-8(12)14-9-6(10)2-3-7(9)11/h6,10H,2-5H2,1H3. The molecule has 1 amide bonds. The van der Waals surface area contributed by atoms with Crippen LogP contribution in [0, 0.1) is 0 Å². The number of amides is 1. The van der Waals surface area contributed by atoms with E-state index in [1.807, 2.05) is 0 Å². The van der Waals surface area contributed by atoms with Gasteiger partial charge in [-0.2, -0.15) is 0 Å². The summed E-state index contributed by atoms with van der Waals surface area (Å²) in [4.78, 5) is 26.7. The summed E-state index contributed by atoms with van der Waals surface area (Å²) in [6.07, 6.45) is -0.434. The molecule has 6 heteroatoms. The Morgan fingerprint density at radius 3 is 2.93 bits per heavy atom. The van der Waals surface area contributed by atoms with Crippen LogP contribution in [0.2, 0.25) is 0 Å². The lowest BCUT2D eigenvalue weighted by Crippen LogP contribution is -2.35. The molecule has 1 atom stereocenters. The normalized spacial score (nSPS) is 21.4. The lowest BCUT2D eigenvalue weighted by atomic mass is 10.4. The van der Waals surface area contributed by atoms with Gasteiger partial charge in [0.1, 0.15) is 0 Å². The van der Waals surface area contributed by atoms with Crippen molar-refractivity contribution in [3.05, 3.63) is 0 Å². The zero-order valence-electron chi connectivity index (χ0n) is 7.93. The molecule has 1 heterocycles. The lowest BCUT2D eigenvalue weighted by molar-refractivity contribution is -0.221. The van der Waals surface area contributed by atoms with Crippen molar-refractivity contribution in [1.29, 1.82) is 0 Å². The zero-order chi connectivity index (χ0) is 10.6. The molecule has 0 saturated carbocycles. The number of rotatable bonds is 4. The van der Waals surface area contributed by atoms with Gasteiger partial charge in [-0.1, -0.05) is 0 Å². The molecule has 0 bridgehead atoms. The predicted octanol–water partition coefficient (Wildman–Crippen LogP) is -0.578. The molecule has 0 spiro atoms. The van der Waals surface area contributed by atoms with Crippen LogP contribution in [0.3, 0.4) is 0 Å². The second kappa shape index (κ2) is 4.92. The third-order valence-electron chi connectivity index (χ3n) is 1.84. The molecule has 1 aliphatic rings. The first-order valence-corrected chi connectivity index (χ1v) is 4.35. The van der Waals surface area contributed by atoms with Gasteiger partial charge in [-0.15, -0.1) is 5.06 Å². The molecule has 80 valence electrons. The Morgan fingerprint density at radius 1 is 1.71 bits per heavy atom. The smallest absolute Gasteiger partial charge is 0.334 e. The highest BCUT2D eigenvalue weighted by Gasteiger charge is 2.32. The van der Waals surface area contributed by atoms with Gasteiger partial charge in [0.25, 0.3) is 5.91 Å². The van der Waals surface area contributed by atoms with E-state index in [1.165, 1.54) is 7.11 Å². The van der Waals surface area contributed by atoms with E-state index in [1.54, 1.807) is 0 Å². The first kappa shape index (κ1) is 10.9. The van der Waals surface area contributed by atoms with Crippen LogP contribution in [0.1, 0.15) is 19.3 Å². The van der Waals surface area contributed by atoms with Gasteiger partial charge in [-0.05, 0) is 0 Å². The van der Waals surface area contributed by atoms with Crippen LogP contribution in [-0.4, -0.2) is 42.0 Å². The lowest BCUT2D eigenvalue weighted by Gasteiger charge is -2.18. The summed E-state index contributed by atoms with van der Waals surface area (Å²) in [5.41, 5.74) is 0. The molecule has 0 aromatic rings. The molecule has 1 saturated heterocycles. The predicted molar refractivity (Wildman–Crippen MR) is 44.7 cm³/mol. The number of methoxy groups -OCH3 is 1. The average Bonchev–Trinajstić information content (AvgIpc) is 2.46. The number of carbonyl (C=O) groups is 2. The van der Waals surface area contributed by atoms with Gasteiger partial charge in [-0.3, -0.25) is 4.79 Å². The van der Waals surface area contributed by atoms with E-state index in [2.05, 4.69) is 9.57 Å². The number of hydrogen-bond acceptors (Lipinski definition) is 5. The quantitative estimate of drug-likeness (QED) is 0.661. The Morgan fingerprint density at radius 2 is 2.43 bits per heavy atom. The summed E-state index contributed by atoms with van der Waals surface area (Å²) < 4.78 is 4.66. The van der Waals surface area contributed by atoms with Gasteiger partial charge in [0.05, 0.1) is 13.0 Å². The third kappa shape index (κ3) is 2.68. The van der Waals surface area contributed by atoms with Crippen LogP contribution >= 0.6 is 0 Å². The van der Waals surface area contributed by atoms with Crippen molar-refractivity contribution < 1.29 is 24.3 Å². The van der Waals surface area contributed by atoms with E-state index in [0.717, 1.165) is 5.06 Å². The van der Waals surface area contributed by atoms with Crippen molar-refractivity contribution in [2.24, 2.45) is 0 Å². The second-order valence-corrected chi connectivity index (χ2v) is 2.94. The molecule has 0 aliphatic carbocycles. The Labute approximate surface area is 81.3 Å². The molecule has 0 aromatic heterocycles. The zero-order valence-corrected chi connectivity index (χ0v) is 7.93. The van der Waals surface area contributed by atoms with Gasteiger partial charge in [-0.25, -0.2) is 4.79 Å². The molecular weight excluding hydrogens is 190 g/mol. The molecule has 1 rings (SSSR count). The van der Waals surface area contributed by atoms with Gasteiger partial charge in [0, 0.05) is 20.0 Å². The summed E-state index contributed by atoms with van der Waals surface area (Å²) >= 11 is 0. The number of hydrogen-bond donors (Lipinski definition) is 1. The Balaban J connectivity index is 2.35. The van der Waals surface area contributed by atoms with Crippen molar-refractivity contribution in [3.8, 4) is 0 Å². The van der Waals surface area contributed by atoms with Gasteiger partial charge < -0.3 is 14.7 Å². The Bertz CT molecular complexity index is 230. The summed E-state index contributed by atoms with van der Waals surface area (Å²) in [6.45, 7) is 0.233. The first-order chi connectivity index (χ1) is 6.65. The minimum Gasteiger partial charge on any atom is -0.384 e. The summed E-state index contributed by atoms with van der Waals surface area (Å²) in [5, 5.41) is 9.95. The topological polar surface area (TPSA) is 76.1 Å². The molecule has 1 aliphatic heterocycles.